The van der Waals surface area contributed by atoms with Crippen molar-refractivity contribution in [3.63, 3.8) is 0 Å². The number of carbonyl (C=O) groups excluding carboxylic acids is 2. The Kier molecular flexibility index (Phi) is 3.30. The summed E-state index contributed by atoms with van der Waals surface area (Å²) >= 11 is 0. The number of hydrogen-bond donors (Lipinski definition) is 1. The molecule has 2 aliphatic carbocycles. The van der Waals surface area contributed by atoms with E-state index < -0.39 is 11.1 Å². The van der Waals surface area contributed by atoms with Crippen LogP contribution in [0.4, 0.5) is 0 Å². The molecule has 1 saturated heterocycles. The molecule has 3 rings (SSSR count). The average Bonchev–Trinajstić information content (AvgIpc) is 3.17. The summed E-state index contributed by atoms with van der Waals surface area (Å²) in [5.74, 6) is 0.636. The Bertz CT molecular complexity index is 424. The van der Waals surface area contributed by atoms with Gasteiger partial charge in [0.2, 0.25) is 11.8 Å². The summed E-state index contributed by atoms with van der Waals surface area (Å²) in [6.07, 6.45) is 7.98. The smallest absolute Gasteiger partial charge is 0.249 e. The summed E-state index contributed by atoms with van der Waals surface area (Å²) in [7, 11) is 0. The molecule has 2 saturated carbocycles. The molecule has 1 N–H and O–H groups in total. The predicted molar refractivity (Wildman–Crippen MR) is 77.1 cm³/mol. The lowest BCUT2D eigenvalue weighted by atomic mass is 9.82. The van der Waals surface area contributed by atoms with Crippen LogP contribution in [-0.2, 0) is 9.59 Å². The molecule has 4 nitrogen and oxygen atoms in total. The molecule has 2 amide bonds. The number of nitrogens with one attached hydrogen (secondary N) is 1. The molecule has 0 aromatic rings. The van der Waals surface area contributed by atoms with Gasteiger partial charge in [-0.3, -0.25) is 9.59 Å². The molecule has 1 atom stereocenters. The first-order chi connectivity index (χ1) is 9.54. The van der Waals surface area contributed by atoms with Crippen molar-refractivity contribution in [2.24, 2.45) is 5.92 Å². The van der Waals surface area contributed by atoms with Crippen LogP contribution in [0.1, 0.15) is 65.2 Å². The highest BCUT2D eigenvalue weighted by Crippen LogP contribution is 2.47. The van der Waals surface area contributed by atoms with Crippen molar-refractivity contribution in [1.29, 1.82) is 0 Å². The summed E-state index contributed by atoms with van der Waals surface area (Å²) < 4.78 is 0. The number of nitrogens with zero attached hydrogens (tertiary/aromatic N) is 1. The molecular formula is C16H26N2O2. The number of carbonyl (C=O) groups is 2. The second-order valence-electron chi connectivity index (χ2n) is 6.98. The summed E-state index contributed by atoms with van der Waals surface area (Å²) in [6, 6.07) is 0. The van der Waals surface area contributed by atoms with E-state index in [1.165, 1.54) is 0 Å². The standard InChI is InChI=1S/C16H26N2O2/c1-3-4-11-18-14(20)15(2,12-7-8-12)17-13(19)16(18)9-5-6-10-16/h12H,3-11H2,1-2H3,(H,17,19). The lowest BCUT2D eigenvalue weighted by molar-refractivity contribution is -0.163. The fraction of sp³-hybridized carbons (Fsp3) is 0.875. The molecule has 3 fully saturated rings. The maximum absolute atomic E-state index is 13.1. The largest absolute Gasteiger partial charge is 0.340 e. The minimum absolute atomic E-state index is 0.111. The average molecular weight is 278 g/mol. The van der Waals surface area contributed by atoms with Gasteiger partial charge < -0.3 is 10.2 Å². The number of amides is 2. The van der Waals surface area contributed by atoms with Gasteiger partial charge in [0.25, 0.3) is 0 Å². The molecule has 3 aliphatic rings. The van der Waals surface area contributed by atoms with Crippen LogP contribution in [0, 0.1) is 5.92 Å². The SMILES string of the molecule is CCCCN1C(=O)C(C)(C2CC2)NC(=O)C12CCCC2. The van der Waals surface area contributed by atoms with Crippen LogP contribution in [0.15, 0.2) is 0 Å². The van der Waals surface area contributed by atoms with Gasteiger partial charge in [0, 0.05) is 6.54 Å². The first kappa shape index (κ1) is 13.9. The minimum Gasteiger partial charge on any atom is -0.340 e. The van der Waals surface area contributed by atoms with E-state index in [1.54, 1.807) is 0 Å². The van der Waals surface area contributed by atoms with Crippen LogP contribution in [0.25, 0.3) is 0 Å². The summed E-state index contributed by atoms with van der Waals surface area (Å²) in [6.45, 7) is 4.81. The van der Waals surface area contributed by atoms with Crippen molar-refractivity contribution in [3.8, 4) is 0 Å². The summed E-state index contributed by atoms with van der Waals surface area (Å²) in [5, 5.41) is 3.11. The number of unbranched alkanes of at least 4 members (excludes halogenated alkanes) is 1. The molecule has 0 radical (unpaired) electrons. The molecule has 1 unspecified atom stereocenters. The van der Waals surface area contributed by atoms with Crippen molar-refractivity contribution < 1.29 is 9.59 Å². The van der Waals surface area contributed by atoms with Crippen LogP contribution >= 0.6 is 0 Å². The van der Waals surface area contributed by atoms with E-state index in [2.05, 4.69) is 12.2 Å². The molecule has 0 bridgehead atoms. The monoisotopic (exact) mass is 278 g/mol. The van der Waals surface area contributed by atoms with Crippen molar-refractivity contribution >= 4 is 11.8 Å². The molecular weight excluding hydrogens is 252 g/mol. The Morgan fingerprint density at radius 3 is 2.45 bits per heavy atom. The number of piperazine rings is 1. The number of hydrogen-bond acceptors (Lipinski definition) is 2. The zero-order chi connectivity index (χ0) is 14.4. The van der Waals surface area contributed by atoms with Gasteiger partial charge in [0.05, 0.1) is 0 Å². The van der Waals surface area contributed by atoms with E-state index in [1.807, 2.05) is 11.8 Å². The topological polar surface area (TPSA) is 49.4 Å². The van der Waals surface area contributed by atoms with Crippen molar-refractivity contribution in [1.82, 2.24) is 10.2 Å². The summed E-state index contributed by atoms with van der Waals surface area (Å²) in [5.41, 5.74) is -1.17. The maximum Gasteiger partial charge on any atom is 0.249 e. The molecule has 1 heterocycles. The fourth-order valence-electron chi connectivity index (χ4n) is 4.03. The van der Waals surface area contributed by atoms with Gasteiger partial charge in [0.1, 0.15) is 11.1 Å². The van der Waals surface area contributed by atoms with Gasteiger partial charge >= 0.3 is 0 Å². The van der Waals surface area contributed by atoms with E-state index in [9.17, 15) is 9.59 Å². The van der Waals surface area contributed by atoms with E-state index in [4.69, 9.17) is 0 Å². The van der Waals surface area contributed by atoms with E-state index >= 15 is 0 Å². The van der Waals surface area contributed by atoms with Gasteiger partial charge in [-0.15, -0.1) is 0 Å². The third-order valence-corrected chi connectivity index (χ3v) is 5.56. The minimum atomic E-state index is -0.640. The Morgan fingerprint density at radius 2 is 1.90 bits per heavy atom. The van der Waals surface area contributed by atoms with Gasteiger partial charge in [-0.1, -0.05) is 26.2 Å². The Hall–Kier alpha value is -1.06. The lowest BCUT2D eigenvalue weighted by Gasteiger charge is -2.50. The molecule has 1 spiro atoms. The first-order valence-corrected chi connectivity index (χ1v) is 8.19. The molecule has 4 heteroatoms. The zero-order valence-corrected chi connectivity index (χ0v) is 12.7. The highest BCUT2D eigenvalue weighted by Gasteiger charge is 2.61. The molecule has 20 heavy (non-hydrogen) atoms. The zero-order valence-electron chi connectivity index (χ0n) is 12.7. The van der Waals surface area contributed by atoms with Crippen LogP contribution in [0.3, 0.4) is 0 Å². The molecule has 1 aliphatic heterocycles. The second kappa shape index (κ2) is 4.74. The van der Waals surface area contributed by atoms with Crippen molar-refractivity contribution in [2.75, 3.05) is 6.54 Å². The van der Waals surface area contributed by atoms with Gasteiger partial charge in [-0.25, -0.2) is 0 Å². The van der Waals surface area contributed by atoms with E-state index in [-0.39, 0.29) is 11.8 Å². The van der Waals surface area contributed by atoms with E-state index in [0.717, 1.165) is 57.9 Å². The molecule has 0 aromatic heterocycles. The molecule has 112 valence electrons. The third-order valence-electron chi connectivity index (χ3n) is 5.56. The van der Waals surface area contributed by atoms with Crippen molar-refractivity contribution in [2.45, 2.75) is 76.3 Å². The quantitative estimate of drug-likeness (QED) is 0.857. The molecule has 0 aromatic carbocycles. The Morgan fingerprint density at radius 1 is 1.25 bits per heavy atom. The predicted octanol–water partition coefficient (Wildman–Crippen LogP) is 2.23. The van der Waals surface area contributed by atoms with E-state index in [0.29, 0.717) is 5.92 Å². The summed E-state index contributed by atoms with van der Waals surface area (Å²) in [4.78, 5) is 27.8. The van der Waals surface area contributed by atoms with Crippen LogP contribution < -0.4 is 5.32 Å². The Balaban J connectivity index is 1.92. The van der Waals surface area contributed by atoms with Gasteiger partial charge in [0.15, 0.2) is 0 Å². The lowest BCUT2D eigenvalue weighted by Crippen LogP contribution is -2.75. The normalized spacial score (nSPS) is 32.8. The third kappa shape index (κ3) is 1.87. The van der Waals surface area contributed by atoms with Gasteiger partial charge in [-0.2, -0.15) is 0 Å². The van der Waals surface area contributed by atoms with Gasteiger partial charge in [-0.05, 0) is 44.9 Å². The maximum atomic E-state index is 13.1. The second-order valence-corrected chi connectivity index (χ2v) is 6.98. The van der Waals surface area contributed by atoms with Crippen molar-refractivity contribution in [3.05, 3.63) is 0 Å². The van der Waals surface area contributed by atoms with Crippen LogP contribution in [-0.4, -0.2) is 34.3 Å². The highest BCUT2D eigenvalue weighted by atomic mass is 16.2. The fourth-order valence-corrected chi connectivity index (χ4v) is 4.03. The van der Waals surface area contributed by atoms with Crippen LogP contribution in [0.2, 0.25) is 0 Å². The highest BCUT2D eigenvalue weighted by molar-refractivity contribution is 6.02. The van der Waals surface area contributed by atoms with Crippen LogP contribution in [0.5, 0.6) is 0 Å². The number of rotatable bonds is 4. The Labute approximate surface area is 121 Å². The first-order valence-electron chi connectivity index (χ1n) is 8.19.